The maximum absolute atomic E-state index is 12.5. The van der Waals surface area contributed by atoms with Crippen molar-refractivity contribution < 1.29 is 19.4 Å². The summed E-state index contributed by atoms with van der Waals surface area (Å²) in [5.74, 6) is -1.55. The van der Waals surface area contributed by atoms with E-state index in [9.17, 15) is 9.59 Å². The average molecular weight is 277 g/mol. The van der Waals surface area contributed by atoms with Crippen molar-refractivity contribution in [3.05, 3.63) is 35.9 Å². The Labute approximate surface area is 118 Å². The molecule has 1 N–H and O–H groups in total. The van der Waals surface area contributed by atoms with Crippen molar-refractivity contribution in [2.24, 2.45) is 11.8 Å². The first-order valence-electron chi connectivity index (χ1n) is 6.64. The summed E-state index contributed by atoms with van der Waals surface area (Å²) in [5, 5.41) is 9.13. The van der Waals surface area contributed by atoms with Gasteiger partial charge in [-0.15, -0.1) is 0 Å². The van der Waals surface area contributed by atoms with Gasteiger partial charge < -0.3 is 14.7 Å². The van der Waals surface area contributed by atoms with E-state index in [1.54, 1.807) is 4.90 Å². The third-order valence-electron chi connectivity index (χ3n) is 3.80. The quantitative estimate of drug-likeness (QED) is 0.906. The van der Waals surface area contributed by atoms with Crippen LogP contribution in [0.1, 0.15) is 18.6 Å². The van der Waals surface area contributed by atoms with Gasteiger partial charge >= 0.3 is 5.97 Å². The summed E-state index contributed by atoms with van der Waals surface area (Å²) in [7, 11) is 1.49. The van der Waals surface area contributed by atoms with E-state index < -0.39 is 18.0 Å². The fraction of sp³-hybridized carbons (Fsp3) is 0.467. The molecule has 20 heavy (non-hydrogen) atoms. The predicted octanol–water partition coefficient (Wildman–Crippen LogP) is 1.55. The average Bonchev–Trinajstić information content (AvgIpc) is 2.83. The van der Waals surface area contributed by atoms with Crippen LogP contribution in [0.15, 0.2) is 30.3 Å². The lowest BCUT2D eigenvalue weighted by molar-refractivity contribution is -0.143. The predicted molar refractivity (Wildman–Crippen MR) is 73.1 cm³/mol. The van der Waals surface area contributed by atoms with Crippen LogP contribution in [0, 0.1) is 11.8 Å². The SMILES string of the molecule is COC(C(=O)N1C[C@@H](C)[C@H](C(=O)O)C1)c1ccccc1. The van der Waals surface area contributed by atoms with Gasteiger partial charge in [-0.3, -0.25) is 9.59 Å². The number of aliphatic carboxylic acids is 1. The molecule has 1 amide bonds. The number of nitrogens with zero attached hydrogens (tertiary/aromatic N) is 1. The summed E-state index contributed by atoms with van der Waals surface area (Å²) < 4.78 is 5.30. The van der Waals surface area contributed by atoms with Crippen LogP contribution in [0.25, 0.3) is 0 Å². The first-order valence-corrected chi connectivity index (χ1v) is 6.64. The van der Waals surface area contributed by atoms with Crippen molar-refractivity contribution in [3.8, 4) is 0 Å². The molecule has 3 atom stereocenters. The number of benzene rings is 1. The van der Waals surface area contributed by atoms with Crippen molar-refractivity contribution in [2.75, 3.05) is 20.2 Å². The molecule has 0 saturated carbocycles. The van der Waals surface area contributed by atoms with Gasteiger partial charge in [0, 0.05) is 20.2 Å². The van der Waals surface area contributed by atoms with Crippen molar-refractivity contribution >= 4 is 11.9 Å². The largest absolute Gasteiger partial charge is 0.481 e. The third-order valence-corrected chi connectivity index (χ3v) is 3.80. The van der Waals surface area contributed by atoms with Crippen LogP contribution in [-0.2, 0) is 14.3 Å². The van der Waals surface area contributed by atoms with E-state index in [1.165, 1.54) is 7.11 Å². The van der Waals surface area contributed by atoms with E-state index in [0.29, 0.717) is 6.54 Å². The Kier molecular flexibility index (Phi) is 4.39. The van der Waals surface area contributed by atoms with Crippen LogP contribution in [0.2, 0.25) is 0 Å². The summed E-state index contributed by atoms with van der Waals surface area (Å²) in [4.78, 5) is 25.2. The normalized spacial score (nSPS) is 23.6. The van der Waals surface area contributed by atoms with Gasteiger partial charge in [-0.05, 0) is 11.5 Å². The molecular formula is C15H19NO4. The summed E-state index contributed by atoms with van der Waals surface area (Å²) in [6.45, 7) is 2.57. The number of hydrogen-bond acceptors (Lipinski definition) is 3. The zero-order valence-corrected chi connectivity index (χ0v) is 11.7. The Hall–Kier alpha value is -1.88. The Balaban J connectivity index is 2.13. The van der Waals surface area contributed by atoms with Gasteiger partial charge in [0.2, 0.25) is 0 Å². The van der Waals surface area contributed by atoms with Crippen LogP contribution in [0.5, 0.6) is 0 Å². The zero-order valence-electron chi connectivity index (χ0n) is 11.7. The molecule has 0 aliphatic carbocycles. The minimum atomic E-state index is -0.846. The maximum atomic E-state index is 12.5. The van der Waals surface area contributed by atoms with E-state index in [2.05, 4.69) is 0 Å². The highest BCUT2D eigenvalue weighted by Crippen LogP contribution is 2.27. The van der Waals surface area contributed by atoms with Crippen molar-refractivity contribution in [1.82, 2.24) is 4.90 Å². The molecule has 0 spiro atoms. The van der Waals surface area contributed by atoms with E-state index in [0.717, 1.165) is 5.56 Å². The van der Waals surface area contributed by atoms with Crippen molar-refractivity contribution in [1.29, 1.82) is 0 Å². The summed E-state index contributed by atoms with van der Waals surface area (Å²) in [6.07, 6.45) is -0.670. The molecule has 1 aromatic carbocycles. The standard InChI is InChI=1S/C15H19NO4/c1-10-8-16(9-12(10)15(18)19)14(17)13(20-2)11-6-4-3-5-7-11/h3-7,10,12-13H,8-9H2,1-2H3,(H,18,19)/t10-,12-,13?/m1/s1. The second kappa shape index (κ2) is 6.05. The van der Waals surface area contributed by atoms with Gasteiger partial charge in [0.05, 0.1) is 5.92 Å². The van der Waals surface area contributed by atoms with Crippen molar-refractivity contribution in [2.45, 2.75) is 13.0 Å². The molecule has 1 heterocycles. The summed E-state index contributed by atoms with van der Waals surface area (Å²) in [5.41, 5.74) is 0.784. The highest BCUT2D eigenvalue weighted by molar-refractivity contribution is 5.83. The number of carboxylic acids is 1. The molecule has 2 rings (SSSR count). The molecule has 108 valence electrons. The fourth-order valence-electron chi connectivity index (χ4n) is 2.64. The van der Waals surface area contributed by atoms with Crippen molar-refractivity contribution in [3.63, 3.8) is 0 Å². The number of ether oxygens (including phenoxy) is 1. The number of carbonyl (C=O) groups excluding carboxylic acids is 1. The lowest BCUT2D eigenvalue weighted by atomic mass is 9.99. The smallest absolute Gasteiger partial charge is 0.308 e. The number of amides is 1. The Morgan fingerprint density at radius 1 is 1.30 bits per heavy atom. The van der Waals surface area contributed by atoms with E-state index in [4.69, 9.17) is 9.84 Å². The van der Waals surface area contributed by atoms with Crippen LogP contribution in [0.3, 0.4) is 0 Å². The number of hydrogen-bond donors (Lipinski definition) is 1. The molecule has 1 aromatic rings. The molecule has 0 aromatic heterocycles. The first kappa shape index (κ1) is 14.5. The van der Waals surface area contributed by atoms with Crippen LogP contribution < -0.4 is 0 Å². The highest BCUT2D eigenvalue weighted by atomic mass is 16.5. The topological polar surface area (TPSA) is 66.8 Å². The van der Waals surface area contributed by atoms with Crippen LogP contribution >= 0.6 is 0 Å². The first-order chi connectivity index (χ1) is 9.54. The van der Waals surface area contributed by atoms with Gasteiger partial charge in [-0.25, -0.2) is 0 Å². The minimum Gasteiger partial charge on any atom is -0.481 e. The van der Waals surface area contributed by atoms with E-state index >= 15 is 0 Å². The molecule has 1 saturated heterocycles. The lowest BCUT2D eigenvalue weighted by Gasteiger charge is -2.22. The van der Waals surface area contributed by atoms with E-state index in [1.807, 2.05) is 37.3 Å². The lowest BCUT2D eigenvalue weighted by Crippen LogP contribution is -2.34. The van der Waals surface area contributed by atoms with Gasteiger partial charge in [0.15, 0.2) is 6.10 Å². The highest BCUT2D eigenvalue weighted by Gasteiger charge is 2.39. The number of methoxy groups -OCH3 is 1. The van der Waals surface area contributed by atoms with Crippen LogP contribution in [-0.4, -0.2) is 42.1 Å². The second-order valence-corrected chi connectivity index (χ2v) is 5.19. The molecule has 1 fully saturated rings. The molecular weight excluding hydrogens is 258 g/mol. The van der Waals surface area contributed by atoms with Gasteiger partial charge in [0.25, 0.3) is 5.91 Å². The number of rotatable bonds is 4. The monoisotopic (exact) mass is 277 g/mol. The zero-order chi connectivity index (χ0) is 14.7. The van der Waals surface area contributed by atoms with Crippen LogP contribution in [0.4, 0.5) is 0 Å². The Bertz CT molecular complexity index is 488. The summed E-state index contributed by atoms with van der Waals surface area (Å²) >= 11 is 0. The molecule has 0 radical (unpaired) electrons. The maximum Gasteiger partial charge on any atom is 0.308 e. The second-order valence-electron chi connectivity index (χ2n) is 5.19. The third kappa shape index (κ3) is 2.82. The number of carboxylic acid groups (broad SMARTS) is 1. The fourth-order valence-corrected chi connectivity index (χ4v) is 2.64. The molecule has 1 aliphatic heterocycles. The number of carbonyl (C=O) groups is 2. The Morgan fingerprint density at radius 2 is 1.95 bits per heavy atom. The molecule has 1 aliphatic rings. The van der Waals surface area contributed by atoms with Gasteiger partial charge in [0.1, 0.15) is 0 Å². The minimum absolute atomic E-state index is 0.0373. The summed E-state index contributed by atoms with van der Waals surface area (Å²) in [6, 6.07) is 9.24. The molecule has 0 bridgehead atoms. The number of likely N-dealkylation sites (tertiary alicyclic amines) is 1. The van der Waals surface area contributed by atoms with Gasteiger partial charge in [-0.1, -0.05) is 37.3 Å². The van der Waals surface area contributed by atoms with Gasteiger partial charge in [-0.2, -0.15) is 0 Å². The Morgan fingerprint density at radius 3 is 2.45 bits per heavy atom. The molecule has 5 nitrogen and oxygen atoms in total. The molecule has 1 unspecified atom stereocenters. The molecule has 5 heteroatoms. The van der Waals surface area contributed by atoms with E-state index in [-0.39, 0.29) is 18.4 Å².